The standard InChI is InChI=1S/C16H28N2O2/c1-12(19)13-4-6-14(7-5-13)16(20)18-10-8-15(9-11-18)17(2)3/h13-15H,4-11H2,1-3H3/t13-,14-. The van der Waals surface area contributed by atoms with Crippen molar-refractivity contribution in [3.8, 4) is 0 Å². The molecule has 1 amide bonds. The van der Waals surface area contributed by atoms with Gasteiger partial charge in [-0.3, -0.25) is 9.59 Å². The van der Waals surface area contributed by atoms with Crippen molar-refractivity contribution < 1.29 is 9.59 Å². The third-order valence-corrected chi connectivity index (χ3v) is 5.16. The summed E-state index contributed by atoms with van der Waals surface area (Å²) >= 11 is 0. The molecule has 0 aromatic heterocycles. The number of hydrogen-bond acceptors (Lipinski definition) is 3. The number of likely N-dealkylation sites (tertiary alicyclic amines) is 1. The van der Waals surface area contributed by atoms with Gasteiger partial charge in [-0.2, -0.15) is 0 Å². The molecule has 0 spiro atoms. The van der Waals surface area contributed by atoms with Crippen LogP contribution >= 0.6 is 0 Å². The van der Waals surface area contributed by atoms with Crippen molar-refractivity contribution in [3.05, 3.63) is 0 Å². The first-order valence-electron chi connectivity index (χ1n) is 7.94. The van der Waals surface area contributed by atoms with E-state index in [9.17, 15) is 9.59 Å². The number of carbonyl (C=O) groups is 2. The van der Waals surface area contributed by atoms with Gasteiger partial charge in [0, 0.05) is 31.0 Å². The highest BCUT2D eigenvalue weighted by molar-refractivity contribution is 5.81. The van der Waals surface area contributed by atoms with E-state index in [2.05, 4.69) is 23.9 Å². The predicted octanol–water partition coefficient (Wildman–Crippen LogP) is 1.93. The summed E-state index contributed by atoms with van der Waals surface area (Å²) in [5.74, 6) is 1.01. The summed E-state index contributed by atoms with van der Waals surface area (Å²) in [5, 5.41) is 0. The van der Waals surface area contributed by atoms with Gasteiger partial charge >= 0.3 is 0 Å². The maximum atomic E-state index is 12.5. The normalized spacial score (nSPS) is 28.7. The Morgan fingerprint density at radius 3 is 1.85 bits per heavy atom. The van der Waals surface area contributed by atoms with Gasteiger partial charge in [0.2, 0.25) is 5.91 Å². The Hall–Kier alpha value is -0.900. The minimum atomic E-state index is 0.168. The van der Waals surface area contributed by atoms with E-state index in [0.29, 0.717) is 17.7 Å². The Balaban J connectivity index is 1.80. The van der Waals surface area contributed by atoms with Crippen molar-refractivity contribution >= 4 is 11.7 Å². The SMILES string of the molecule is CC(=O)[C@H]1CC[C@H](C(=O)N2CCC(N(C)C)CC2)CC1. The third-order valence-electron chi connectivity index (χ3n) is 5.16. The lowest BCUT2D eigenvalue weighted by Gasteiger charge is -2.38. The van der Waals surface area contributed by atoms with E-state index in [0.717, 1.165) is 51.6 Å². The maximum Gasteiger partial charge on any atom is 0.225 e. The molecule has 1 aliphatic carbocycles. The molecule has 4 nitrogen and oxygen atoms in total. The average molecular weight is 280 g/mol. The Morgan fingerprint density at radius 1 is 0.900 bits per heavy atom. The van der Waals surface area contributed by atoms with E-state index < -0.39 is 0 Å². The number of Topliss-reactive ketones (excluding diaryl/α,β-unsaturated/α-hetero) is 1. The fourth-order valence-electron chi connectivity index (χ4n) is 3.61. The van der Waals surface area contributed by atoms with Gasteiger partial charge in [0.05, 0.1) is 0 Å². The van der Waals surface area contributed by atoms with Crippen LogP contribution in [0.3, 0.4) is 0 Å². The summed E-state index contributed by atoms with van der Waals surface area (Å²) in [6.07, 6.45) is 5.77. The van der Waals surface area contributed by atoms with Crippen LogP contribution in [0.4, 0.5) is 0 Å². The molecule has 0 bridgehead atoms. The van der Waals surface area contributed by atoms with Crippen LogP contribution in [0.1, 0.15) is 45.4 Å². The molecule has 114 valence electrons. The molecule has 0 unspecified atom stereocenters. The van der Waals surface area contributed by atoms with Crippen LogP contribution in [0.15, 0.2) is 0 Å². The van der Waals surface area contributed by atoms with Crippen molar-refractivity contribution in [1.29, 1.82) is 0 Å². The van der Waals surface area contributed by atoms with Crippen molar-refractivity contribution in [2.24, 2.45) is 11.8 Å². The molecule has 20 heavy (non-hydrogen) atoms. The van der Waals surface area contributed by atoms with E-state index in [1.807, 2.05) is 0 Å². The van der Waals surface area contributed by atoms with Crippen LogP contribution in [-0.2, 0) is 9.59 Å². The van der Waals surface area contributed by atoms with Gasteiger partial charge in [0.1, 0.15) is 5.78 Å². The number of hydrogen-bond donors (Lipinski definition) is 0. The fraction of sp³-hybridized carbons (Fsp3) is 0.875. The Bertz CT molecular complexity index is 351. The van der Waals surface area contributed by atoms with Crippen LogP contribution in [0.2, 0.25) is 0 Å². The van der Waals surface area contributed by atoms with Crippen molar-refractivity contribution in [1.82, 2.24) is 9.80 Å². The van der Waals surface area contributed by atoms with Crippen LogP contribution in [0.25, 0.3) is 0 Å². The minimum absolute atomic E-state index is 0.168. The fourth-order valence-corrected chi connectivity index (χ4v) is 3.61. The smallest absolute Gasteiger partial charge is 0.225 e. The van der Waals surface area contributed by atoms with Gasteiger partial charge in [-0.25, -0.2) is 0 Å². The Morgan fingerprint density at radius 2 is 1.40 bits per heavy atom. The van der Waals surface area contributed by atoms with E-state index in [1.54, 1.807) is 6.92 Å². The summed E-state index contributed by atoms with van der Waals surface area (Å²) in [4.78, 5) is 28.2. The van der Waals surface area contributed by atoms with Crippen LogP contribution in [0.5, 0.6) is 0 Å². The topological polar surface area (TPSA) is 40.6 Å². The molecule has 2 fully saturated rings. The molecule has 1 heterocycles. The van der Waals surface area contributed by atoms with Crippen molar-refractivity contribution in [3.63, 3.8) is 0 Å². The highest BCUT2D eigenvalue weighted by Gasteiger charge is 2.32. The molecule has 1 saturated heterocycles. The quantitative estimate of drug-likeness (QED) is 0.793. The van der Waals surface area contributed by atoms with Gasteiger partial charge in [0.15, 0.2) is 0 Å². The summed E-state index contributed by atoms with van der Waals surface area (Å²) in [6.45, 7) is 3.47. The second-order valence-electron chi connectivity index (χ2n) is 6.68. The molecule has 0 aromatic rings. The predicted molar refractivity (Wildman–Crippen MR) is 79.4 cm³/mol. The number of nitrogens with zero attached hydrogens (tertiary/aromatic N) is 2. The highest BCUT2D eigenvalue weighted by Crippen LogP contribution is 2.31. The summed E-state index contributed by atoms with van der Waals surface area (Å²) in [5.41, 5.74) is 0. The molecule has 1 aliphatic heterocycles. The second-order valence-corrected chi connectivity index (χ2v) is 6.68. The maximum absolute atomic E-state index is 12.5. The zero-order valence-corrected chi connectivity index (χ0v) is 13.1. The summed E-state index contributed by atoms with van der Waals surface area (Å²) < 4.78 is 0. The van der Waals surface area contributed by atoms with Crippen molar-refractivity contribution in [2.45, 2.75) is 51.5 Å². The van der Waals surface area contributed by atoms with Crippen LogP contribution in [0, 0.1) is 11.8 Å². The summed E-state index contributed by atoms with van der Waals surface area (Å²) in [7, 11) is 4.23. The first-order valence-corrected chi connectivity index (χ1v) is 7.94. The van der Waals surface area contributed by atoms with Gasteiger partial charge in [-0.1, -0.05) is 0 Å². The largest absolute Gasteiger partial charge is 0.342 e. The lowest BCUT2D eigenvalue weighted by Crippen LogP contribution is -2.47. The zero-order chi connectivity index (χ0) is 14.7. The number of rotatable bonds is 3. The van der Waals surface area contributed by atoms with E-state index in [1.165, 1.54) is 0 Å². The minimum Gasteiger partial charge on any atom is -0.342 e. The van der Waals surface area contributed by atoms with Gasteiger partial charge in [-0.15, -0.1) is 0 Å². The first kappa shape index (κ1) is 15.5. The van der Waals surface area contributed by atoms with Crippen LogP contribution in [-0.4, -0.2) is 54.7 Å². The van der Waals surface area contributed by atoms with E-state index in [-0.39, 0.29) is 11.8 Å². The van der Waals surface area contributed by atoms with E-state index >= 15 is 0 Å². The molecule has 2 aliphatic rings. The van der Waals surface area contributed by atoms with Gasteiger partial charge < -0.3 is 9.80 Å². The number of carbonyl (C=O) groups excluding carboxylic acids is 2. The number of amides is 1. The first-order chi connectivity index (χ1) is 9.49. The van der Waals surface area contributed by atoms with E-state index in [4.69, 9.17) is 0 Å². The second kappa shape index (κ2) is 6.70. The monoisotopic (exact) mass is 280 g/mol. The zero-order valence-electron chi connectivity index (χ0n) is 13.1. The molecule has 0 aromatic carbocycles. The molecular weight excluding hydrogens is 252 g/mol. The molecule has 0 radical (unpaired) electrons. The van der Waals surface area contributed by atoms with Gasteiger partial charge in [0.25, 0.3) is 0 Å². The molecule has 0 atom stereocenters. The molecular formula is C16H28N2O2. The average Bonchev–Trinajstić information content (AvgIpc) is 2.46. The Kier molecular flexibility index (Phi) is 5.19. The highest BCUT2D eigenvalue weighted by atomic mass is 16.2. The van der Waals surface area contributed by atoms with Crippen molar-refractivity contribution in [2.75, 3.05) is 27.2 Å². The lowest BCUT2D eigenvalue weighted by atomic mass is 9.79. The molecule has 1 saturated carbocycles. The Labute approximate surface area is 122 Å². The van der Waals surface area contributed by atoms with Crippen LogP contribution < -0.4 is 0 Å². The molecule has 2 rings (SSSR count). The molecule has 0 N–H and O–H groups in total. The lowest BCUT2D eigenvalue weighted by molar-refractivity contribution is -0.139. The molecule has 4 heteroatoms. The van der Waals surface area contributed by atoms with Gasteiger partial charge in [-0.05, 0) is 59.5 Å². The summed E-state index contributed by atoms with van der Waals surface area (Å²) in [6, 6.07) is 0.618. The third kappa shape index (κ3) is 3.60. The number of piperidine rings is 1. The number of ketones is 1.